The van der Waals surface area contributed by atoms with Crippen LogP contribution in [0.3, 0.4) is 0 Å². The summed E-state index contributed by atoms with van der Waals surface area (Å²) in [5.41, 5.74) is 2.22. The molecule has 1 aromatic heterocycles. The van der Waals surface area contributed by atoms with Gasteiger partial charge in [0, 0.05) is 11.7 Å². The van der Waals surface area contributed by atoms with E-state index in [0.717, 1.165) is 36.0 Å². The predicted molar refractivity (Wildman–Crippen MR) is 143 cm³/mol. The van der Waals surface area contributed by atoms with Crippen LogP contribution in [0.2, 0.25) is 0 Å². The molecular formula is C29H29FN6O3. The topological polar surface area (TPSA) is 113 Å². The fourth-order valence-electron chi connectivity index (χ4n) is 4.82. The van der Waals surface area contributed by atoms with E-state index in [2.05, 4.69) is 20.7 Å². The van der Waals surface area contributed by atoms with E-state index in [4.69, 9.17) is 0 Å². The monoisotopic (exact) mass is 528 g/mol. The number of nitrogens with zero attached hydrogens (tertiary/aromatic N) is 5. The molecule has 4 aromatic rings. The van der Waals surface area contributed by atoms with E-state index in [1.54, 1.807) is 36.4 Å². The fourth-order valence-corrected chi connectivity index (χ4v) is 4.82. The van der Waals surface area contributed by atoms with E-state index in [1.165, 1.54) is 29.2 Å². The van der Waals surface area contributed by atoms with Crippen LogP contribution in [-0.2, 0) is 16.1 Å². The molecule has 1 unspecified atom stereocenters. The molecule has 2 amide bonds. The van der Waals surface area contributed by atoms with E-state index in [0.29, 0.717) is 11.3 Å². The number of carbonyl (C=O) groups excluding carboxylic acids is 2. The first-order chi connectivity index (χ1) is 18.9. The van der Waals surface area contributed by atoms with Gasteiger partial charge in [0.15, 0.2) is 0 Å². The van der Waals surface area contributed by atoms with Gasteiger partial charge in [-0.05, 0) is 66.9 Å². The van der Waals surface area contributed by atoms with Gasteiger partial charge in [0.2, 0.25) is 11.7 Å². The Morgan fingerprint density at radius 1 is 1.05 bits per heavy atom. The number of hydrogen-bond donors (Lipinski definition) is 2. The molecule has 1 fully saturated rings. The number of hydrogen-bond acceptors (Lipinski definition) is 6. The van der Waals surface area contributed by atoms with Gasteiger partial charge in [0.25, 0.3) is 5.91 Å². The van der Waals surface area contributed by atoms with E-state index in [9.17, 15) is 19.1 Å². The van der Waals surface area contributed by atoms with Crippen molar-refractivity contribution in [3.63, 3.8) is 0 Å². The average molecular weight is 529 g/mol. The second kappa shape index (κ2) is 11.4. The number of aromatic hydroxyl groups is 1. The smallest absolute Gasteiger partial charge is 0.251 e. The summed E-state index contributed by atoms with van der Waals surface area (Å²) in [4.78, 5) is 30.2. The minimum atomic E-state index is -1.02. The van der Waals surface area contributed by atoms with Crippen molar-refractivity contribution >= 4 is 17.5 Å². The number of benzene rings is 3. The molecule has 1 aliphatic carbocycles. The summed E-state index contributed by atoms with van der Waals surface area (Å²) in [5.74, 6) is -1.18. The third-order valence-electron chi connectivity index (χ3n) is 6.84. The van der Waals surface area contributed by atoms with Gasteiger partial charge in [-0.2, -0.15) is 4.80 Å². The Kier molecular flexibility index (Phi) is 7.62. The zero-order valence-electron chi connectivity index (χ0n) is 21.5. The van der Waals surface area contributed by atoms with Gasteiger partial charge in [-0.3, -0.25) is 14.5 Å². The molecule has 0 spiro atoms. The molecule has 5 rings (SSSR count). The minimum Gasteiger partial charge on any atom is -0.508 e. The van der Waals surface area contributed by atoms with Crippen LogP contribution in [0.25, 0.3) is 11.4 Å². The summed E-state index contributed by atoms with van der Waals surface area (Å²) in [7, 11) is 0. The number of aromatic nitrogens is 4. The molecule has 0 bridgehead atoms. The summed E-state index contributed by atoms with van der Waals surface area (Å²) in [6, 6.07) is 18.6. The molecule has 1 heterocycles. The minimum absolute atomic E-state index is 0.0346. The lowest BCUT2D eigenvalue weighted by Gasteiger charge is -2.32. The first-order valence-electron chi connectivity index (χ1n) is 12.9. The van der Waals surface area contributed by atoms with Crippen LogP contribution in [0, 0.1) is 12.7 Å². The highest BCUT2D eigenvalue weighted by atomic mass is 19.1. The number of tetrazole rings is 1. The molecule has 0 radical (unpaired) electrons. The summed E-state index contributed by atoms with van der Waals surface area (Å²) in [6.07, 6.45) is 3.85. The number of phenols is 1. The van der Waals surface area contributed by atoms with Crippen molar-refractivity contribution in [3.05, 3.63) is 89.7 Å². The summed E-state index contributed by atoms with van der Waals surface area (Å²) >= 11 is 0. The van der Waals surface area contributed by atoms with Crippen LogP contribution in [0.5, 0.6) is 5.75 Å². The third kappa shape index (κ3) is 5.95. The quantitative estimate of drug-likeness (QED) is 0.352. The van der Waals surface area contributed by atoms with Crippen LogP contribution in [-0.4, -0.2) is 43.2 Å². The number of anilines is 1. The maximum absolute atomic E-state index is 14.3. The lowest BCUT2D eigenvalue weighted by molar-refractivity contribution is -0.127. The number of carbonyl (C=O) groups is 2. The first kappa shape index (κ1) is 26.0. The maximum Gasteiger partial charge on any atom is 0.251 e. The van der Waals surface area contributed by atoms with Gasteiger partial charge in [0.05, 0.1) is 5.56 Å². The van der Waals surface area contributed by atoms with Gasteiger partial charge in [-0.15, -0.1) is 10.2 Å². The average Bonchev–Trinajstić information content (AvgIpc) is 3.61. The molecule has 39 heavy (non-hydrogen) atoms. The van der Waals surface area contributed by atoms with Gasteiger partial charge in [-0.1, -0.05) is 54.8 Å². The molecule has 0 aliphatic heterocycles. The second-order valence-electron chi connectivity index (χ2n) is 9.71. The normalized spacial score (nSPS) is 14.2. The Hall–Kier alpha value is -4.60. The Morgan fingerprint density at radius 2 is 1.74 bits per heavy atom. The molecule has 10 heteroatoms. The lowest BCUT2D eigenvalue weighted by atomic mass is 10.0. The van der Waals surface area contributed by atoms with Crippen LogP contribution >= 0.6 is 0 Å². The Bertz CT molecular complexity index is 1450. The second-order valence-corrected chi connectivity index (χ2v) is 9.71. The maximum atomic E-state index is 14.3. The fraction of sp³-hybridized carbons (Fsp3) is 0.276. The first-order valence-corrected chi connectivity index (χ1v) is 12.9. The highest BCUT2D eigenvalue weighted by Gasteiger charge is 2.34. The van der Waals surface area contributed by atoms with Gasteiger partial charge >= 0.3 is 0 Å². The van der Waals surface area contributed by atoms with Crippen LogP contribution in [0.15, 0.2) is 72.8 Å². The van der Waals surface area contributed by atoms with Gasteiger partial charge in [-0.25, -0.2) is 4.39 Å². The number of nitrogens with one attached hydrogen (secondary N) is 1. The molecule has 9 nitrogen and oxygen atoms in total. The molecule has 200 valence electrons. The summed E-state index contributed by atoms with van der Waals surface area (Å²) in [5, 5.41) is 25.1. The van der Waals surface area contributed by atoms with Crippen LogP contribution < -0.4 is 10.2 Å². The van der Waals surface area contributed by atoms with Crippen molar-refractivity contribution in [2.24, 2.45) is 0 Å². The summed E-state index contributed by atoms with van der Waals surface area (Å²) < 4.78 is 14.3. The standard InChI is InChI=1S/C29H29FN6O3/c1-19-10-14-22(15-11-19)36(26(38)18-35-33-28(32-34-35)24-8-4-5-9-25(24)30)27(20-12-16-23(37)17-13-20)29(39)31-21-6-2-3-7-21/h4-5,8-17,21,27,37H,2-3,6-7,18H2,1H3,(H,31,39). The van der Waals surface area contributed by atoms with E-state index in [1.807, 2.05) is 19.1 Å². The van der Waals surface area contributed by atoms with E-state index < -0.39 is 17.8 Å². The van der Waals surface area contributed by atoms with Crippen LogP contribution in [0.1, 0.15) is 42.9 Å². The van der Waals surface area contributed by atoms with Crippen molar-refractivity contribution in [2.45, 2.75) is 51.2 Å². The molecule has 1 saturated carbocycles. The Balaban J connectivity index is 1.51. The van der Waals surface area contributed by atoms with Crippen molar-refractivity contribution in [3.8, 4) is 17.1 Å². The molecule has 1 aliphatic rings. The number of halogens is 1. The third-order valence-corrected chi connectivity index (χ3v) is 6.84. The van der Waals surface area contributed by atoms with Gasteiger partial charge in [0.1, 0.15) is 24.2 Å². The zero-order valence-corrected chi connectivity index (χ0v) is 21.5. The predicted octanol–water partition coefficient (Wildman–Crippen LogP) is 4.33. The van der Waals surface area contributed by atoms with Crippen molar-refractivity contribution < 1.29 is 19.1 Å². The van der Waals surface area contributed by atoms with Crippen molar-refractivity contribution in [1.29, 1.82) is 0 Å². The SMILES string of the molecule is Cc1ccc(N(C(=O)Cn2nnc(-c3ccccc3F)n2)C(C(=O)NC2CCCC2)c2ccc(O)cc2)cc1. The molecule has 3 aromatic carbocycles. The molecular weight excluding hydrogens is 499 g/mol. The zero-order chi connectivity index (χ0) is 27.4. The van der Waals surface area contributed by atoms with Crippen LogP contribution in [0.4, 0.5) is 10.1 Å². The highest BCUT2D eigenvalue weighted by Crippen LogP contribution is 2.31. The molecule has 2 N–H and O–H groups in total. The number of phenolic OH excluding ortho intramolecular Hbond substituents is 1. The van der Waals surface area contributed by atoms with E-state index in [-0.39, 0.29) is 35.6 Å². The highest BCUT2D eigenvalue weighted by molar-refractivity contribution is 6.01. The number of rotatable bonds is 8. The Morgan fingerprint density at radius 3 is 2.44 bits per heavy atom. The van der Waals surface area contributed by atoms with E-state index >= 15 is 0 Å². The molecule has 0 saturated heterocycles. The largest absolute Gasteiger partial charge is 0.508 e. The Labute approximate surface area is 225 Å². The van der Waals surface area contributed by atoms with Crippen molar-refractivity contribution in [1.82, 2.24) is 25.5 Å². The van der Waals surface area contributed by atoms with Gasteiger partial charge < -0.3 is 10.4 Å². The summed E-state index contributed by atoms with van der Waals surface area (Å²) in [6.45, 7) is 1.60. The van der Waals surface area contributed by atoms with Crippen molar-refractivity contribution in [2.75, 3.05) is 4.90 Å². The molecule has 1 atom stereocenters. The number of amides is 2. The lowest BCUT2D eigenvalue weighted by Crippen LogP contribution is -2.47. The number of aryl methyl sites for hydroxylation is 1.